The van der Waals surface area contributed by atoms with Gasteiger partial charge < -0.3 is 25.3 Å². The number of anilines is 2. The van der Waals surface area contributed by atoms with Gasteiger partial charge in [-0.05, 0) is 102 Å². The molecule has 2 heterocycles. The maximum Gasteiger partial charge on any atom is 0.303 e. The van der Waals surface area contributed by atoms with Crippen molar-refractivity contribution in [2.24, 2.45) is 0 Å². The first-order valence-electron chi connectivity index (χ1n) is 19.5. The number of carboxylic acid groups (broad SMARTS) is 1. The zero-order valence-electron chi connectivity index (χ0n) is 33.3. The number of benzene rings is 4. The molecule has 0 unspecified atom stereocenters. The van der Waals surface area contributed by atoms with Crippen molar-refractivity contribution in [3.63, 3.8) is 0 Å². The minimum Gasteiger partial charge on any atom is -0.481 e. The quantitative estimate of drug-likeness (QED) is 0.0449. The number of fused-ring (bicyclic) bond motifs is 6. The number of rotatable bonds is 17. The molecule has 0 bridgehead atoms. The van der Waals surface area contributed by atoms with Gasteiger partial charge in [0.2, 0.25) is 26.0 Å². The Balaban J connectivity index is 0.000000254. The number of aliphatic carboxylic acids is 1. The molecule has 0 radical (unpaired) electrons. The van der Waals surface area contributed by atoms with E-state index in [2.05, 4.69) is 86.3 Å². The van der Waals surface area contributed by atoms with Crippen molar-refractivity contribution in [1.82, 2.24) is 18.6 Å². The Hall–Kier alpha value is -4.96. The number of aromatic nitrogens is 2. The van der Waals surface area contributed by atoms with E-state index in [1.54, 1.807) is 13.8 Å². The van der Waals surface area contributed by atoms with Gasteiger partial charge >= 0.3 is 5.97 Å². The van der Waals surface area contributed by atoms with Gasteiger partial charge in [-0.15, -0.1) is 0 Å². The normalized spacial score (nSPS) is 11.4. The largest absolute Gasteiger partial charge is 0.481 e. The molecule has 2 aromatic heterocycles. The van der Waals surface area contributed by atoms with Crippen molar-refractivity contribution in [3.8, 4) is 0 Å². The predicted octanol–water partition coefficient (Wildman–Crippen LogP) is 8.08. The number of amides is 1. The first-order valence-corrected chi connectivity index (χ1v) is 22.8. The topological polar surface area (TPSA) is 195 Å². The molecule has 4 aromatic carbocycles. The number of nitrogens with one attached hydrogen (secondary N) is 3. The van der Waals surface area contributed by atoms with E-state index in [4.69, 9.17) is 10.8 Å². The van der Waals surface area contributed by atoms with Crippen molar-refractivity contribution in [1.29, 1.82) is 0 Å². The van der Waals surface area contributed by atoms with Crippen LogP contribution in [0.25, 0.3) is 43.6 Å². The molecule has 58 heavy (non-hydrogen) atoms. The number of nitrogen functional groups attached to an aromatic ring is 1. The fourth-order valence-electron chi connectivity index (χ4n) is 6.58. The highest BCUT2D eigenvalue weighted by Crippen LogP contribution is 2.32. The van der Waals surface area contributed by atoms with Gasteiger partial charge in [-0.25, -0.2) is 26.3 Å². The average Bonchev–Trinajstić information content (AvgIpc) is 3.69. The Bertz CT molecular complexity index is 2510. The fourth-order valence-corrected chi connectivity index (χ4v) is 7.90. The lowest BCUT2D eigenvalue weighted by Gasteiger charge is -2.07. The Morgan fingerprint density at radius 1 is 0.603 bits per heavy atom. The zero-order valence-corrected chi connectivity index (χ0v) is 34.9. The molecule has 6 aromatic rings. The van der Waals surface area contributed by atoms with Gasteiger partial charge in [0.1, 0.15) is 0 Å². The van der Waals surface area contributed by atoms with Crippen LogP contribution in [-0.4, -0.2) is 67.5 Å². The Labute approximate surface area is 343 Å². The van der Waals surface area contributed by atoms with Crippen LogP contribution in [0.5, 0.6) is 0 Å². The number of carbonyl (C=O) groups is 2. The summed E-state index contributed by atoms with van der Waals surface area (Å²) < 4.78 is 53.9. The van der Waals surface area contributed by atoms with Gasteiger partial charge in [0.25, 0.3) is 0 Å². The molecule has 0 aliphatic carbocycles. The number of unbranched alkanes of at least 4 members (excludes halogenated alkanes) is 2. The lowest BCUT2D eigenvalue weighted by atomic mass is 10.1. The van der Waals surface area contributed by atoms with E-state index in [9.17, 15) is 26.4 Å². The molecule has 0 saturated carbocycles. The molecule has 6 N–H and O–H groups in total. The first kappa shape index (κ1) is 47.4. The van der Waals surface area contributed by atoms with E-state index >= 15 is 0 Å². The minimum atomic E-state index is -3.16. The van der Waals surface area contributed by atoms with Crippen LogP contribution in [0.15, 0.2) is 84.9 Å². The highest BCUT2D eigenvalue weighted by atomic mass is 32.2. The molecule has 0 aliphatic heterocycles. The first-order chi connectivity index (χ1) is 27.2. The summed E-state index contributed by atoms with van der Waals surface area (Å²) in [6.45, 7) is 10.0. The smallest absolute Gasteiger partial charge is 0.303 e. The second-order valence-electron chi connectivity index (χ2n) is 13.5. The molecule has 1 amide bonds. The van der Waals surface area contributed by atoms with E-state index in [-0.39, 0.29) is 31.3 Å². The van der Waals surface area contributed by atoms with E-state index < -0.39 is 26.0 Å². The number of nitrogens with zero attached hydrogens (tertiary/aromatic N) is 2. The predicted molar refractivity (Wildman–Crippen MR) is 240 cm³/mol. The Morgan fingerprint density at radius 3 is 1.53 bits per heavy atom. The summed E-state index contributed by atoms with van der Waals surface area (Å²) in [7, 11) is -6.28. The summed E-state index contributed by atoms with van der Waals surface area (Å²) in [5.74, 6) is -0.772. The molecule has 6 rings (SSSR count). The highest BCUT2D eigenvalue weighted by molar-refractivity contribution is 7.89. The summed E-state index contributed by atoms with van der Waals surface area (Å²) >= 11 is 0. The van der Waals surface area contributed by atoms with Gasteiger partial charge in [-0.1, -0.05) is 43.8 Å². The summed E-state index contributed by atoms with van der Waals surface area (Å²) in [5, 5.41) is 16.1. The summed E-state index contributed by atoms with van der Waals surface area (Å²) in [4.78, 5) is 22.3. The van der Waals surface area contributed by atoms with Crippen LogP contribution >= 0.6 is 0 Å². The monoisotopic (exact) mass is 836 g/mol. The molecule has 0 aliphatic rings. The summed E-state index contributed by atoms with van der Waals surface area (Å²) in [6, 6.07) is 28.9. The van der Waals surface area contributed by atoms with E-state index in [0.29, 0.717) is 45.2 Å². The van der Waals surface area contributed by atoms with Gasteiger partial charge in [0.05, 0.1) is 11.5 Å². The van der Waals surface area contributed by atoms with Crippen molar-refractivity contribution >= 4 is 86.9 Å². The number of nitrogens with two attached hydrogens (primary N) is 1. The Morgan fingerprint density at radius 2 is 1.05 bits per heavy atom. The Kier molecular flexibility index (Phi) is 18.2. The van der Waals surface area contributed by atoms with E-state index in [1.807, 2.05) is 36.4 Å². The second kappa shape index (κ2) is 22.3. The molecular formula is C43H60N6O7S2. The minimum absolute atomic E-state index is 0. The summed E-state index contributed by atoms with van der Waals surface area (Å²) in [5.41, 5.74) is 12.4. The number of sulfonamides is 2. The van der Waals surface area contributed by atoms with Crippen molar-refractivity contribution < 1.29 is 31.5 Å². The van der Waals surface area contributed by atoms with Crippen LogP contribution in [0.2, 0.25) is 0 Å². The van der Waals surface area contributed by atoms with E-state index in [1.165, 1.54) is 32.7 Å². The van der Waals surface area contributed by atoms with Crippen LogP contribution < -0.4 is 20.5 Å². The molecule has 15 heteroatoms. The van der Waals surface area contributed by atoms with Crippen molar-refractivity contribution in [2.75, 3.05) is 35.6 Å². The number of carboxylic acids is 1. The lowest BCUT2D eigenvalue weighted by Crippen LogP contribution is -2.26. The molecular weight excluding hydrogens is 777 g/mol. The molecule has 13 nitrogen and oxygen atoms in total. The SMILES string of the molecule is C.CCS(=O)(=O)NCCCCC(=O)O.CCn1c2ccccc2c2cc(N)ccc21.CCn1c2ccccc2c2cc(NC(=O)CCCCNS(=O)(=O)CC)ccc21. The molecule has 0 atom stereocenters. The third-order valence-electron chi connectivity index (χ3n) is 9.54. The lowest BCUT2D eigenvalue weighted by molar-refractivity contribution is -0.137. The summed E-state index contributed by atoms with van der Waals surface area (Å²) in [6.07, 6.45) is 2.79. The van der Waals surface area contributed by atoms with Crippen molar-refractivity contribution in [2.45, 2.75) is 86.7 Å². The van der Waals surface area contributed by atoms with Gasteiger partial charge in [-0.3, -0.25) is 9.59 Å². The highest BCUT2D eigenvalue weighted by Gasteiger charge is 2.12. The van der Waals surface area contributed by atoms with Crippen LogP contribution in [0.1, 0.15) is 73.6 Å². The third kappa shape index (κ3) is 13.0. The molecule has 0 saturated heterocycles. The van der Waals surface area contributed by atoms with Crippen LogP contribution in [0.3, 0.4) is 0 Å². The molecule has 0 fully saturated rings. The number of aryl methyl sites for hydroxylation is 2. The average molecular weight is 837 g/mol. The number of carbonyl (C=O) groups excluding carboxylic acids is 1. The van der Waals surface area contributed by atoms with E-state index in [0.717, 1.165) is 35.4 Å². The van der Waals surface area contributed by atoms with Gasteiger partial charge in [0, 0.05) is 94.0 Å². The maximum atomic E-state index is 12.2. The molecule has 316 valence electrons. The van der Waals surface area contributed by atoms with Crippen LogP contribution in [0, 0.1) is 0 Å². The number of hydrogen-bond acceptors (Lipinski definition) is 7. The number of hydrogen-bond donors (Lipinski definition) is 5. The zero-order chi connectivity index (χ0) is 41.6. The third-order valence-corrected chi connectivity index (χ3v) is 12.3. The maximum absolute atomic E-state index is 12.2. The van der Waals surface area contributed by atoms with Crippen LogP contribution in [0.4, 0.5) is 11.4 Å². The van der Waals surface area contributed by atoms with Crippen molar-refractivity contribution in [3.05, 3.63) is 84.9 Å². The fraction of sp³-hybridized carbons (Fsp3) is 0.395. The van der Waals surface area contributed by atoms with Crippen LogP contribution in [-0.2, 0) is 42.7 Å². The standard InChI is InChI=1S/C21H27N3O3S.C14H14N2.C7H15NO4S.CH4/c1-3-24-19-10-6-5-9-17(19)18-15-16(12-13-20(18)24)23-21(25)11-7-8-14-22-28(26,27)4-2;1-2-16-13-6-4-3-5-11(13)12-9-10(15)7-8-14(12)16;1-2-13(11,12)8-6-4-3-5-7(9)10;/h5-6,9-10,12-13,15,22H,3-4,7-8,11,14H2,1-2H3,(H,23,25);3-9H,2,15H2,1H3;8H,2-6H2,1H3,(H,9,10);1H4. The van der Waals surface area contributed by atoms with Gasteiger partial charge in [-0.2, -0.15) is 0 Å². The molecule has 0 spiro atoms. The number of para-hydroxylation sites is 2. The second-order valence-corrected chi connectivity index (χ2v) is 17.7. The van der Waals surface area contributed by atoms with Gasteiger partial charge in [0.15, 0.2) is 0 Å².